The minimum absolute atomic E-state index is 0.144. The summed E-state index contributed by atoms with van der Waals surface area (Å²) in [6, 6.07) is 8.87. The Bertz CT molecular complexity index is 813. The number of hydrogen-bond acceptors (Lipinski definition) is 4. The van der Waals surface area contributed by atoms with Gasteiger partial charge in [-0.1, -0.05) is 6.07 Å². The van der Waals surface area contributed by atoms with Crippen LogP contribution in [0.1, 0.15) is 16.3 Å². The van der Waals surface area contributed by atoms with E-state index in [2.05, 4.69) is 20.5 Å². The van der Waals surface area contributed by atoms with E-state index in [1.807, 2.05) is 6.92 Å². The van der Waals surface area contributed by atoms with Gasteiger partial charge in [-0.2, -0.15) is 0 Å². The van der Waals surface area contributed by atoms with Crippen molar-refractivity contribution in [1.82, 2.24) is 19.7 Å². The molecule has 22 heavy (non-hydrogen) atoms. The van der Waals surface area contributed by atoms with Crippen molar-refractivity contribution in [3.05, 3.63) is 66.1 Å². The van der Waals surface area contributed by atoms with Gasteiger partial charge in [0.25, 0.3) is 5.91 Å². The van der Waals surface area contributed by atoms with Crippen LogP contribution in [0, 0.1) is 12.7 Å². The van der Waals surface area contributed by atoms with Gasteiger partial charge in [-0.15, -0.1) is 10.2 Å². The number of rotatable bonds is 3. The highest BCUT2D eigenvalue weighted by atomic mass is 19.1. The van der Waals surface area contributed by atoms with E-state index in [1.165, 1.54) is 18.2 Å². The number of imidazole rings is 1. The maximum atomic E-state index is 13.1. The zero-order valence-corrected chi connectivity index (χ0v) is 11.7. The van der Waals surface area contributed by atoms with Gasteiger partial charge in [-0.25, -0.2) is 9.37 Å². The van der Waals surface area contributed by atoms with Gasteiger partial charge in [-0.3, -0.25) is 9.36 Å². The molecule has 0 radical (unpaired) electrons. The summed E-state index contributed by atoms with van der Waals surface area (Å²) < 4.78 is 14.8. The third-order valence-corrected chi connectivity index (χ3v) is 3.04. The molecular formula is C15H12FN5O. The number of benzene rings is 1. The van der Waals surface area contributed by atoms with Crippen LogP contribution >= 0.6 is 0 Å². The Labute approximate surface area is 125 Å². The second kappa shape index (κ2) is 5.72. The Kier molecular flexibility index (Phi) is 3.61. The highest BCUT2D eigenvalue weighted by Gasteiger charge is 2.10. The highest BCUT2D eigenvalue weighted by Crippen LogP contribution is 2.11. The third-order valence-electron chi connectivity index (χ3n) is 3.04. The van der Waals surface area contributed by atoms with Crippen molar-refractivity contribution in [2.45, 2.75) is 6.92 Å². The maximum absolute atomic E-state index is 13.1. The van der Waals surface area contributed by atoms with E-state index in [1.54, 1.807) is 35.2 Å². The molecule has 0 aliphatic heterocycles. The second-order valence-electron chi connectivity index (χ2n) is 4.59. The van der Waals surface area contributed by atoms with Crippen LogP contribution in [0.5, 0.6) is 0 Å². The minimum atomic E-state index is -0.452. The Morgan fingerprint density at radius 1 is 1.23 bits per heavy atom. The van der Waals surface area contributed by atoms with Crippen molar-refractivity contribution >= 4 is 11.6 Å². The molecule has 6 nitrogen and oxygen atoms in total. The van der Waals surface area contributed by atoms with Crippen LogP contribution in [0.25, 0.3) is 5.82 Å². The van der Waals surface area contributed by atoms with Gasteiger partial charge < -0.3 is 5.32 Å². The van der Waals surface area contributed by atoms with E-state index in [0.29, 0.717) is 11.5 Å². The van der Waals surface area contributed by atoms with Crippen LogP contribution < -0.4 is 5.32 Å². The Balaban J connectivity index is 1.78. The lowest BCUT2D eigenvalue weighted by Gasteiger charge is -2.06. The van der Waals surface area contributed by atoms with Crippen LogP contribution in [0.3, 0.4) is 0 Å². The van der Waals surface area contributed by atoms with Gasteiger partial charge >= 0.3 is 0 Å². The highest BCUT2D eigenvalue weighted by molar-refractivity contribution is 6.02. The van der Waals surface area contributed by atoms with Crippen molar-refractivity contribution in [3.63, 3.8) is 0 Å². The van der Waals surface area contributed by atoms with Crippen molar-refractivity contribution < 1.29 is 9.18 Å². The van der Waals surface area contributed by atoms with Gasteiger partial charge in [0.1, 0.15) is 11.6 Å². The van der Waals surface area contributed by atoms with Gasteiger partial charge in [0.05, 0.1) is 0 Å². The van der Waals surface area contributed by atoms with E-state index >= 15 is 0 Å². The number of carbonyl (C=O) groups excluding carboxylic acids is 1. The lowest BCUT2D eigenvalue weighted by molar-refractivity contribution is 0.102. The van der Waals surface area contributed by atoms with Crippen LogP contribution in [0.2, 0.25) is 0 Å². The van der Waals surface area contributed by atoms with E-state index in [9.17, 15) is 9.18 Å². The standard InChI is InChI=1S/C15H12FN5O/c1-10-17-7-8-21(10)14-6-5-13(19-20-14)15(22)18-12-4-2-3-11(16)9-12/h2-9H,1H3,(H,18,22). The van der Waals surface area contributed by atoms with Gasteiger partial charge in [0.2, 0.25) is 0 Å². The molecule has 0 unspecified atom stereocenters. The number of aromatic nitrogens is 4. The topological polar surface area (TPSA) is 72.7 Å². The molecule has 110 valence electrons. The van der Waals surface area contributed by atoms with E-state index in [4.69, 9.17) is 0 Å². The molecular weight excluding hydrogens is 285 g/mol. The SMILES string of the molecule is Cc1nccn1-c1ccc(C(=O)Nc2cccc(F)c2)nn1. The first-order valence-corrected chi connectivity index (χ1v) is 6.54. The Hall–Kier alpha value is -3.09. The fourth-order valence-corrected chi connectivity index (χ4v) is 1.96. The molecule has 1 N–H and O–H groups in total. The number of aryl methyl sites for hydroxylation is 1. The number of anilines is 1. The first-order valence-electron chi connectivity index (χ1n) is 6.54. The molecule has 0 bridgehead atoms. The Morgan fingerprint density at radius 2 is 2.09 bits per heavy atom. The van der Waals surface area contributed by atoms with E-state index < -0.39 is 11.7 Å². The number of nitrogens with zero attached hydrogens (tertiary/aromatic N) is 4. The molecule has 0 saturated heterocycles. The molecule has 0 spiro atoms. The summed E-state index contributed by atoms with van der Waals surface area (Å²) in [5.74, 6) is 0.463. The molecule has 0 aliphatic rings. The molecule has 3 rings (SSSR count). The van der Waals surface area contributed by atoms with Crippen LogP contribution in [0.4, 0.5) is 10.1 Å². The summed E-state index contributed by atoms with van der Waals surface area (Å²) in [5.41, 5.74) is 0.507. The summed E-state index contributed by atoms with van der Waals surface area (Å²) in [5, 5.41) is 10.5. The van der Waals surface area contributed by atoms with E-state index in [-0.39, 0.29) is 5.69 Å². The largest absolute Gasteiger partial charge is 0.320 e. The van der Waals surface area contributed by atoms with Crippen LogP contribution in [-0.2, 0) is 0 Å². The predicted octanol–water partition coefficient (Wildman–Crippen LogP) is 2.36. The molecule has 0 saturated carbocycles. The lowest BCUT2D eigenvalue weighted by atomic mass is 10.3. The monoisotopic (exact) mass is 297 g/mol. The number of hydrogen-bond donors (Lipinski definition) is 1. The van der Waals surface area contributed by atoms with Crippen molar-refractivity contribution in [3.8, 4) is 5.82 Å². The van der Waals surface area contributed by atoms with Crippen molar-refractivity contribution in [2.75, 3.05) is 5.32 Å². The molecule has 2 aromatic heterocycles. The smallest absolute Gasteiger partial charge is 0.276 e. The molecule has 1 aromatic carbocycles. The van der Waals surface area contributed by atoms with Gasteiger partial charge in [0.15, 0.2) is 11.5 Å². The summed E-state index contributed by atoms with van der Waals surface area (Å²) in [6.45, 7) is 1.84. The van der Waals surface area contributed by atoms with Gasteiger partial charge in [-0.05, 0) is 37.3 Å². The molecule has 0 fully saturated rings. The molecule has 2 heterocycles. The zero-order chi connectivity index (χ0) is 15.5. The number of nitrogens with one attached hydrogen (secondary N) is 1. The minimum Gasteiger partial charge on any atom is -0.320 e. The molecule has 1 amide bonds. The first kappa shape index (κ1) is 13.9. The molecule has 7 heteroatoms. The quantitative estimate of drug-likeness (QED) is 0.805. The normalized spacial score (nSPS) is 10.5. The van der Waals surface area contributed by atoms with Crippen LogP contribution in [0.15, 0.2) is 48.8 Å². The number of amides is 1. The average molecular weight is 297 g/mol. The lowest BCUT2D eigenvalue weighted by Crippen LogP contribution is -2.15. The predicted molar refractivity (Wildman–Crippen MR) is 78.2 cm³/mol. The number of halogens is 1. The summed E-state index contributed by atoms with van der Waals surface area (Å²) >= 11 is 0. The van der Waals surface area contributed by atoms with Crippen molar-refractivity contribution in [1.29, 1.82) is 0 Å². The summed E-state index contributed by atoms with van der Waals surface area (Å²) in [4.78, 5) is 16.1. The third kappa shape index (κ3) is 2.83. The fourth-order valence-electron chi connectivity index (χ4n) is 1.96. The first-order chi connectivity index (χ1) is 10.6. The van der Waals surface area contributed by atoms with Gasteiger partial charge in [0, 0.05) is 18.1 Å². The average Bonchev–Trinajstić information content (AvgIpc) is 2.93. The Morgan fingerprint density at radius 3 is 2.73 bits per heavy atom. The van der Waals surface area contributed by atoms with Crippen molar-refractivity contribution in [2.24, 2.45) is 0 Å². The van der Waals surface area contributed by atoms with Crippen LogP contribution in [-0.4, -0.2) is 25.7 Å². The summed E-state index contributed by atoms with van der Waals surface area (Å²) in [7, 11) is 0. The molecule has 0 aliphatic carbocycles. The molecule has 3 aromatic rings. The maximum Gasteiger partial charge on any atom is 0.276 e. The number of carbonyl (C=O) groups is 1. The zero-order valence-electron chi connectivity index (χ0n) is 11.7. The fraction of sp³-hybridized carbons (Fsp3) is 0.0667. The summed E-state index contributed by atoms with van der Waals surface area (Å²) in [6.07, 6.45) is 3.41. The van der Waals surface area contributed by atoms with E-state index in [0.717, 1.165) is 5.82 Å². The molecule has 0 atom stereocenters. The second-order valence-corrected chi connectivity index (χ2v) is 4.59.